The topological polar surface area (TPSA) is 127 Å². The van der Waals surface area contributed by atoms with E-state index in [0.29, 0.717) is 32.4 Å². The Morgan fingerprint density at radius 3 is 2.57 bits per heavy atom. The van der Waals surface area contributed by atoms with Crippen molar-refractivity contribution in [1.29, 1.82) is 0 Å². The maximum atomic E-state index is 11.7. The van der Waals surface area contributed by atoms with Gasteiger partial charge in [-0.3, -0.25) is 9.69 Å². The summed E-state index contributed by atoms with van der Waals surface area (Å²) < 4.78 is 0. The van der Waals surface area contributed by atoms with Crippen LogP contribution in [-0.2, 0) is 17.8 Å². The van der Waals surface area contributed by atoms with Crippen LogP contribution in [-0.4, -0.2) is 70.5 Å². The number of halogens is 2. The Labute approximate surface area is 179 Å². The summed E-state index contributed by atoms with van der Waals surface area (Å²) in [5, 5.41) is 37.9. The van der Waals surface area contributed by atoms with Crippen molar-refractivity contribution < 1.29 is 25.2 Å². The Hall–Kier alpha value is -1.03. The van der Waals surface area contributed by atoms with Crippen molar-refractivity contribution >= 4 is 38.6 Å². The number of hydrogen-bond donors (Lipinski definition) is 5. The Bertz CT molecular complexity index is 640. The van der Waals surface area contributed by atoms with Crippen molar-refractivity contribution in [3.05, 3.63) is 29.3 Å². The van der Waals surface area contributed by atoms with Crippen molar-refractivity contribution in [3.8, 4) is 5.75 Å². The second-order valence-corrected chi connectivity index (χ2v) is 7.03. The molecule has 1 aliphatic heterocycles. The van der Waals surface area contributed by atoms with Gasteiger partial charge in [0.25, 0.3) is 0 Å². The second-order valence-electron chi connectivity index (χ2n) is 7.03. The molecule has 10 heteroatoms. The van der Waals surface area contributed by atoms with Crippen molar-refractivity contribution in [2.75, 3.05) is 19.8 Å². The number of phenols is 1. The monoisotopic (exact) mass is 434 g/mol. The molecule has 158 valence electrons. The fourth-order valence-corrected chi connectivity index (χ4v) is 3.48. The first-order valence-corrected chi connectivity index (χ1v) is 8.86. The maximum Gasteiger partial charge on any atom is 0.323 e. The van der Waals surface area contributed by atoms with Crippen molar-refractivity contribution in [2.24, 2.45) is 5.73 Å². The molecule has 1 aromatic rings. The molecule has 0 saturated heterocycles. The zero-order valence-corrected chi connectivity index (χ0v) is 17.3. The van der Waals surface area contributed by atoms with Crippen LogP contribution in [0.15, 0.2) is 18.2 Å². The van der Waals surface area contributed by atoms with Gasteiger partial charge in [-0.05, 0) is 48.3 Å². The lowest BCUT2D eigenvalue weighted by molar-refractivity contribution is -0.144. The lowest BCUT2D eigenvalue weighted by Gasteiger charge is -2.39. The molecule has 1 aromatic carbocycles. The minimum atomic E-state index is -1.60. The number of hydrogen-bond acceptors (Lipinski definition) is 6. The predicted molar refractivity (Wildman–Crippen MR) is 113 cm³/mol. The van der Waals surface area contributed by atoms with Gasteiger partial charge in [-0.1, -0.05) is 12.5 Å². The van der Waals surface area contributed by atoms with Crippen LogP contribution < -0.4 is 5.73 Å². The van der Waals surface area contributed by atoms with Gasteiger partial charge in [0.2, 0.25) is 0 Å². The number of rotatable bonds is 9. The van der Waals surface area contributed by atoms with Gasteiger partial charge in [-0.2, -0.15) is 0 Å². The number of aliphatic hydroxyl groups is 2. The van der Waals surface area contributed by atoms with Crippen LogP contribution in [0.1, 0.15) is 30.4 Å². The first-order valence-electron chi connectivity index (χ1n) is 8.86. The van der Waals surface area contributed by atoms with Crippen LogP contribution in [0.4, 0.5) is 0 Å². The van der Waals surface area contributed by atoms with E-state index in [2.05, 4.69) is 0 Å². The van der Waals surface area contributed by atoms with E-state index in [0.717, 1.165) is 11.1 Å². The third-order valence-corrected chi connectivity index (χ3v) is 5.29. The van der Waals surface area contributed by atoms with E-state index in [-0.39, 0.29) is 56.2 Å². The van der Waals surface area contributed by atoms with Gasteiger partial charge in [0, 0.05) is 25.7 Å². The molecule has 0 saturated carbocycles. The summed E-state index contributed by atoms with van der Waals surface area (Å²) in [5.74, 6) is -1.77. The SMILES string of the molecule is Cl.Cl.[B]C(CCCO)C(N)(CCN1Cc2cc(O)ccc2C[C@H]1CO)C(=O)O. The normalized spacial score (nSPS) is 19.5. The zero-order valence-electron chi connectivity index (χ0n) is 15.7. The van der Waals surface area contributed by atoms with Crippen LogP contribution in [0, 0.1) is 0 Å². The van der Waals surface area contributed by atoms with E-state index in [1.165, 1.54) is 0 Å². The fourth-order valence-electron chi connectivity index (χ4n) is 3.48. The summed E-state index contributed by atoms with van der Waals surface area (Å²) in [6, 6.07) is 5.02. The number of carbonyl (C=O) groups is 1. The van der Waals surface area contributed by atoms with Gasteiger partial charge >= 0.3 is 5.97 Å². The van der Waals surface area contributed by atoms with Crippen LogP contribution in [0.5, 0.6) is 5.75 Å². The highest BCUT2D eigenvalue weighted by Crippen LogP contribution is 2.30. The molecule has 7 nitrogen and oxygen atoms in total. The lowest BCUT2D eigenvalue weighted by Crippen LogP contribution is -2.55. The van der Waals surface area contributed by atoms with Crippen molar-refractivity contribution in [3.63, 3.8) is 0 Å². The largest absolute Gasteiger partial charge is 0.508 e. The average Bonchev–Trinajstić information content (AvgIpc) is 2.62. The summed E-state index contributed by atoms with van der Waals surface area (Å²) in [7, 11) is 6.00. The number of nitrogens with zero attached hydrogens (tertiary/aromatic N) is 1. The molecule has 0 amide bonds. The molecule has 0 aromatic heterocycles. The minimum absolute atomic E-state index is 0. The second kappa shape index (κ2) is 11.9. The Morgan fingerprint density at radius 2 is 2.00 bits per heavy atom. The summed E-state index contributed by atoms with van der Waals surface area (Å²) in [5.41, 5.74) is 6.53. The van der Waals surface area contributed by atoms with Crippen LogP contribution >= 0.6 is 24.8 Å². The molecular weight excluding hydrogens is 406 g/mol. The number of aromatic hydroxyl groups is 1. The van der Waals surface area contributed by atoms with Gasteiger partial charge in [0.1, 0.15) is 11.3 Å². The van der Waals surface area contributed by atoms with Gasteiger partial charge in [0.05, 0.1) is 14.5 Å². The molecule has 6 N–H and O–H groups in total. The van der Waals surface area contributed by atoms with Gasteiger partial charge < -0.3 is 26.2 Å². The highest BCUT2D eigenvalue weighted by molar-refractivity contribution is 6.15. The summed E-state index contributed by atoms with van der Waals surface area (Å²) in [6.07, 6.45) is 1.45. The third-order valence-electron chi connectivity index (χ3n) is 5.29. The smallest absolute Gasteiger partial charge is 0.323 e. The molecule has 2 unspecified atom stereocenters. The first kappa shape index (κ1) is 27.0. The zero-order chi connectivity index (χ0) is 19.3. The molecular formula is C18H29BCl2N2O5. The number of aliphatic carboxylic acids is 1. The predicted octanol–water partition coefficient (Wildman–Crippen LogP) is 0.856. The van der Waals surface area contributed by atoms with E-state index in [1.807, 2.05) is 11.0 Å². The molecule has 0 spiro atoms. The van der Waals surface area contributed by atoms with Crippen molar-refractivity contribution in [1.82, 2.24) is 4.90 Å². The Balaban J connectivity index is 0.00000364. The van der Waals surface area contributed by atoms with E-state index in [9.17, 15) is 20.1 Å². The van der Waals surface area contributed by atoms with Gasteiger partial charge in [0.15, 0.2) is 0 Å². The van der Waals surface area contributed by atoms with Crippen molar-refractivity contribution in [2.45, 2.75) is 49.6 Å². The summed E-state index contributed by atoms with van der Waals surface area (Å²) >= 11 is 0. The molecule has 28 heavy (non-hydrogen) atoms. The number of carboxylic acid groups (broad SMARTS) is 1. The molecule has 1 heterocycles. The lowest BCUT2D eigenvalue weighted by atomic mass is 9.67. The molecule has 3 atom stereocenters. The number of carboxylic acids is 1. The van der Waals surface area contributed by atoms with E-state index in [1.54, 1.807) is 12.1 Å². The first-order chi connectivity index (χ1) is 12.3. The van der Waals surface area contributed by atoms with E-state index < -0.39 is 17.3 Å². The van der Waals surface area contributed by atoms with Crippen LogP contribution in [0.25, 0.3) is 0 Å². The fraction of sp³-hybridized carbons (Fsp3) is 0.611. The molecule has 2 rings (SSSR count). The van der Waals surface area contributed by atoms with Crippen LogP contribution in [0.2, 0.25) is 5.82 Å². The molecule has 0 aliphatic carbocycles. The highest BCUT2D eigenvalue weighted by atomic mass is 35.5. The Kier molecular flexibility index (Phi) is 11.4. The summed E-state index contributed by atoms with van der Waals surface area (Å²) in [4.78, 5) is 13.7. The molecule has 0 bridgehead atoms. The number of phenolic OH excluding ortho intramolecular Hbond substituents is 1. The Morgan fingerprint density at radius 1 is 1.32 bits per heavy atom. The third kappa shape index (κ3) is 6.24. The van der Waals surface area contributed by atoms with E-state index in [4.69, 9.17) is 18.7 Å². The number of fused-ring (bicyclic) bond motifs is 1. The quantitative estimate of drug-likeness (QED) is 0.364. The summed E-state index contributed by atoms with van der Waals surface area (Å²) in [6.45, 7) is 0.733. The van der Waals surface area contributed by atoms with Crippen LogP contribution in [0.3, 0.4) is 0 Å². The minimum Gasteiger partial charge on any atom is -0.508 e. The van der Waals surface area contributed by atoms with Gasteiger partial charge in [-0.15, -0.1) is 24.8 Å². The molecule has 0 fully saturated rings. The number of nitrogens with two attached hydrogens (primary N) is 1. The highest BCUT2D eigenvalue weighted by Gasteiger charge is 2.40. The maximum absolute atomic E-state index is 11.7. The standard InChI is InChI=1S/C18H27BN2O5.2ClH/c19-16(2-1-7-22)18(20,17(25)26)5-6-21-10-13-9-15(24)4-3-12(13)8-14(21)11-23;;/h3-4,9,14,16,22-24H,1-2,5-8,10-11,20H2,(H,25,26);2*1H/t14-,16?,18?;;/m0../s1. The number of benzene rings is 1. The van der Waals surface area contributed by atoms with E-state index >= 15 is 0 Å². The average molecular weight is 435 g/mol. The van der Waals surface area contributed by atoms with Gasteiger partial charge in [-0.25, -0.2) is 0 Å². The number of aliphatic hydroxyl groups excluding tert-OH is 2. The molecule has 2 radical (unpaired) electrons. The molecule has 1 aliphatic rings.